The summed E-state index contributed by atoms with van der Waals surface area (Å²) >= 11 is 2.23. The fourth-order valence-corrected chi connectivity index (χ4v) is 1.75. The zero-order chi connectivity index (χ0) is 7.68. The molecular formula is C8H9IN2. The second-order valence-corrected chi connectivity index (χ2v) is 3.82. The fourth-order valence-electron chi connectivity index (χ4n) is 1.34. The Hall–Kier alpha value is -0.320. The maximum atomic E-state index is 4.36. The minimum absolute atomic E-state index is 0.582. The molecule has 1 aliphatic rings. The smallest absolute Gasteiger partial charge is 0.123 e. The number of allylic oxidation sites excluding steroid dienone is 2. The van der Waals surface area contributed by atoms with Crippen LogP contribution in [0.25, 0.3) is 0 Å². The number of nitrogens with zero attached hydrogens (tertiary/aromatic N) is 2. The van der Waals surface area contributed by atoms with Gasteiger partial charge in [0.05, 0.1) is 6.04 Å². The summed E-state index contributed by atoms with van der Waals surface area (Å²) in [6, 6.07) is 2.62. The molecule has 1 aromatic heterocycles. The van der Waals surface area contributed by atoms with E-state index in [1.807, 2.05) is 6.07 Å². The van der Waals surface area contributed by atoms with E-state index >= 15 is 0 Å². The first-order chi connectivity index (χ1) is 5.36. The monoisotopic (exact) mass is 260 g/mol. The van der Waals surface area contributed by atoms with Gasteiger partial charge in [-0.1, -0.05) is 12.2 Å². The summed E-state index contributed by atoms with van der Waals surface area (Å²) < 4.78 is 3.14. The van der Waals surface area contributed by atoms with Crippen LogP contribution in [0, 0.1) is 3.70 Å². The maximum Gasteiger partial charge on any atom is 0.123 e. The SMILES string of the molecule is Ic1ccn(C2CC=CC2)n1. The van der Waals surface area contributed by atoms with Crippen molar-refractivity contribution in [3.8, 4) is 0 Å². The van der Waals surface area contributed by atoms with Crippen molar-refractivity contribution in [3.05, 3.63) is 28.1 Å². The van der Waals surface area contributed by atoms with Crippen LogP contribution in [-0.2, 0) is 0 Å². The van der Waals surface area contributed by atoms with Crippen LogP contribution < -0.4 is 0 Å². The molecule has 0 unspecified atom stereocenters. The molecule has 0 bridgehead atoms. The molecule has 0 saturated carbocycles. The summed E-state index contributed by atoms with van der Waals surface area (Å²) in [6.07, 6.45) is 8.77. The van der Waals surface area contributed by atoms with Gasteiger partial charge in [0.25, 0.3) is 0 Å². The minimum Gasteiger partial charge on any atom is -0.268 e. The first-order valence-corrected chi connectivity index (χ1v) is 4.80. The van der Waals surface area contributed by atoms with Crippen molar-refractivity contribution in [2.75, 3.05) is 0 Å². The summed E-state index contributed by atoms with van der Waals surface area (Å²) in [5.74, 6) is 0. The van der Waals surface area contributed by atoms with Crippen LogP contribution in [0.1, 0.15) is 18.9 Å². The van der Waals surface area contributed by atoms with Gasteiger partial charge in [0.1, 0.15) is 3.70 Å². The standard InChI is InChI=1S/C8H9IN2/c9-8-5-6-11(10-8)7-3-1-2-4-7/h1-2,5-7H,3-4H2. The van der Waals surface area contributed by atoms with Crippen LogP contribution in [0.5, 0.6) is 0 Å². The molecule has 1 aromatic rings. The van der Waals surface area contributed by atoms with E-state index in [4.69, 9.17) is 0 Å². The molecule has 11 heavy (non-hydrogen) atoms. The van der Waals surface area contributed by atoms with Gasteiger partial charge in [-0.25, -0.2) is 0 Å². The molecule has 0 N–H and O–H groups in total. The number of hydrogen-bond acceptors (Lipinski definition) is 1. The van der Waals surface area contributed by atoms with E-state index in [-0.39, 0.29) is 0 Å². The molecule has 3 heteroatoms. The van der Waals surface area contributed by atoms with Crippen LogP contribution in [0.3, 0.4) is 0 Å². The minimum atomic E-state index is 0.582. The molecule has 0 aliphatic heterocycles. The summed E-state index contributed by atoms with van der Waals surface area (Å²) in [6.45, 7) is 0. The molecule has 2 rings (SSSR count). The normalized spacial score (nSPS) is 17.9. The Labute approximate surface area is 79.4 Å². The number of rotatable bonds is 1. The van der Waals surface area contributed by atoms with E-state index in [0.717, 1.165) is 16.5 Å². The van der Waals surface area contributed by atoms with Crippen LogP contribution in [-0.4, -0.2) is 9.78 Å². The quantitative estimate of drug-likeness (QED) is 0.560. The van der Waals surface area contributed by atoms with Gasteiger partial charge in [0.2, 0.25) is 0 Å². The largest absolute Gasteiger partial charge is 0.268 e. The number of hydrogen-bond donors (Lipinski definition) is 0. The van der Waals surface area contributed by atoms with Gasteiger partial charge in [-0.3, -0.25) is 4.68 Å². The van der Waals surface area contributed by atoms with E-state index in [0.29, 0.717) is 6.04 Å². The summed E-state index contributed by atoms with van der Waals surface area (Å²) in [5, 5.41) is 4.36. The average Bonchev–Trinajstić information content (AvgIpc) is 2.55. The first-order valence-electron chi connectivity index (χ1n) is 3.72. The van der Waals surface area contributed by atoms with Crippen molar-refractivity contribution in [2.24, 2.45) is 0 Å². The van der Waals surface area contributed by atoms with Gasteiger partial charge in [-0.15, -0.1) is 0 Å². The van der Waals surface area contributed by atoms with Crippen LogP contribution in [0.4, 0.5) is 0 Å². The van der Waals surface area contributed by atoms with Crippen molar-refractivity contribution in [1.29, 1.82) is 0 Å². The van der Waals surface area contributed by atoms with Crippen LogP contribution in [0.15, 0.2) is 24.4 Å². The number of aromatic nitrogens is 2. The van der Waals surface area contributed by atoms with Crippen molar-refractivity contribution < 1.29 is 0 Å². The summed E-state index contributed by atoms with van der Waals surface area (Å²) in [4.78, 5) is 0. The van der Waals surface area contributed by atoms with Crippen LogP contribution in [0.2, 0.25) is 0 Å². The zero-order valence-electron chi connectivity index (χ0n) is 6.07. The lowest BCUT2D eigenvalue weighted by Gasteiger charge is -2.08. The molecule has 0 atom stereocenters. The van der Waals surface area contributed by atoms with Gasteiger partial charge < -0.3 is 0 Å². The van der Waals surface area contributed by atoms with Crippen molar-refractivity contribution in [3.63, 3.8) is 0 Å². The summed E-state index contributed by atoms with van der Waals surface area (Å²) in [5.41, 5.74) is 0. The van der Waals surface area contributed by atoms with E-state index in [1.54, 1.807) is 0 Å². The van der Waals surface area contributed by atoms with E-state index in [2.05, 4.69) is 50.7 Å². The highest BCUT2D eigenvalue weighted by Gasteiger charge is 2.12. The predicted molar refractivity (Wildman–Crippen MR) is 52.4 cm³/mol. The Balaban J connectivity index is 2.17. The van der Waals surface area contributed by atoms with Crippen molar-refractivity contribution in [2.45, 2.75) is 18.9 Å². The lowest BCUT2D eigenvalue weighted by Crippen LogP contribution is -2.05. The highest BCUT2D eigenvalue weighted by molar-refractivity contribution is 14.1. The molecule has 0 aromatic carbocycles. The average molecular weight is 260 g/mol. The molecule has 0 saturated heterocycles. The van der Waals surface area contributed by atoms with Gasteiger partial charge >= 0.3 is 0 Å². The first kappa shape index (κ1) is 7.34. The highest BCUT2D eigenvalue weighted by Crippen LogP contribution is 2.22. The second-order valence-electron chi connectivity index (χ2n) is 2.72. The molecular weight excluding hydrogens is 251 g/mol. The maximum absolute atomic E-state index is 4.36. The Morgan fingerprint density at radius 1 is 1.45 bits per heavy atom. The Bertz CT molecular complexity index is 269. The fraction of sp³-hybridized carbons (Fsp3) is 0.375. The van der Waals surface area contributed by atoms with Gasteiger partial charge in [0.15, 0.2) is 0 Å². The van der Waals surface area contributed by atoms with E-state index in [9.17, 15) is 0 Å². The lowest BCUT2D eigenvalue weighted by molar-refractivity contribution is 0.478. The van der Waals surface area contributed by atoms with Crippen LogP contribution >= 0.6 is 22.6 Å². The second kappa shape index (κ2) is 2.97. The zero-order valence-corrected chi connectivity index (χ0v) is 8.23. The van der Waals surface area contributed by atoms with Gasteiger partial charge in [0, 0.05) is 6.20 Å². The molecule has 0 radical (unpaired) electrons. The molecule has 0 amide bonds. The molecule has 58 valence electrons. The molecule has 1 heterocycles. The topological polar surface area (TPSA) is 17.8 Å². The Kier molecular flexibility index (Phi) is 1.98. The number of halogens is 1. The lowest BCUT2D eigenvalue weighted by atomic mass is 10.2. The van der Waals surface area contributed by atoms with Gasteiger partial charge in [-0.05, 0) is 41.5 Å². The molecule has 1 aliphatic carbocycles. The highest BCUT2D eigenvalue weighted by atomic mass is 127. The third-order valence-corrected chi connectivity index (χ3v) is 2.51. The molecule has 0 fully saturated rings. The van der Waals surface area contributed by atoms with E-state index < -0.39 is 0 Å². The summed E-state index contributed by atoms with van der Waals surface area (Å²) in [7, 11) is 0. The Morgan fingerprint density at radius 2 is 2.18 bits per heavy atom. The third kappa shape index (κ3) is 1.47. The van der Waals surface area contributed by atoms with Crippen molar-refractivity contribution >= 4 is 22.6 Å². The van der Waals surface area contributed by atoms with Crippen molar-refractivity contribution in [1.82, 2.24) is 9.78 Å². The molecule has 0 spiro atoms. The molecule has 2 nitrogen and oxygen atoms in total. The van der Waals surface area contributed by atoms with E-state index in [1.165, 1.54) is 0 Å². The predicted octanol–water partition coefficient (Wildman–Crippen LogP) is 2.38. The Morgan fingerprint density at radius 3 is 2.73 bits per heavy atom. The van der Waals surface area contributed by atoms with Gasteiger partial charge in [-0.2, -0.15) is 5.10 Å². The third-order valence-electron chi connectivity index (χ3n) is 1.93.